The molecule has 1 aliphatic rings. The van der Waals surface area contributed by atoms with Gasteiger partial charge in [-0.05, 0) is 76.5 Å². The lowest BCUT2D eigenvalue weighted by Crippen LogP contribution is -2.42. The number of halogens is 3. The Bertz CT molecular complexity index is 585. The highest BCUT2D eigenvalue weighted by Gasteiger charge is 2.31. The molecule has 2 N–H and O–H groups in total. The van der Waals surface area contributed by atoms with Crippen LogP contribution >= 0.6 is 0 Å². The first kappa shape index (κ1) is 21.5. The number of piperidine rings is 1. The molecule has 0 aromatic heterocycles. The van der Waals surface area contributed by atoms with Crippen LogP contribution in [0.2, 0.25) is 0 Å². The summed E-state index contributed by atoms with van der Waals surface area (Å²) in [4.78, 5) is 14.4. The standard InChI is InChI=1S/C19H28F3N3O2/c1-14(16-3-5-17(6-4-16)27-19(20,21)22)24-18(26)13-25-11-8-15(9-12-25)7-10-23-2/h3-6,14-15,23H,7-13H2,1-2H3,(H,24,26). The third-order valence-corrected chi connectivity index (χ3v) is 4.87. The molecule has 1 aromatic carbocycles. The minimum absolute atomic E-state index is 0.0770. The molecule has 8 heteroatoms. The van der Waals surface area contributed by atoms with Gasteiger partial charge in [0.15, 0.2) is 0 Å². The summed E-state index contributed by atoms with van der Waals surface area (Å²) in [5.74, 6) is 0.367. The van der Waals surface area contributed by atoms with Gasteiger partial charge in [-0.1, -0.05) is 12.1 Å². The number of carbonyl (C=O) groups is 1. The summed E-state index contributed by atoms with van der Waals surface area (Å²) >= 11 is 0. The Labute approximate surface area is 158 Å². The number of alkyl halides is 3. The second-order valence-electron chi connectivity index (χ2n) is 7.02. The zero-order valence-corrected chi connectivity index (χ0v) is 15.8. The normalized spacial score (nSPS) is 17.5. The summed E-state index contributed by atoms with van der Waals surface area (Å²) in [6, 6.07) is 5.27. The van der Waals surface area contributed by atoms with E-state index in [0.717, 1.165) is 38.0 Å². The number of amides is 1. The maximum absolute atomic E-state index is 12.3. The van der Waals surface area contributed by atoms with Crippen molar-refractivity contribution in [3.05, 3.63) is 29.8 Å². The fraction of sp³-hybridized carbons (Fsp3) is 0.632. The smallest absolute Gasteiger partial charge is 0.406 e. The Hall–Kier alpha value is -1.80. The van der Waals surface area contributed by atoms with Gasteiger partial charge in [-0.15, -0.1) is 13.2 Å². The van der Waals surface area contributed by atoms with Crippen molar-refractivity contribution >= 4 is 5.91 Å². The molecular weight excluding hydrogens is 359 g/mol. The minimum Gasteiger partial charge on any atom is -0.406 e. The van der Waals surface area contributed by atoms with Crippen LogP contribution < -0.4 is 15.4 Å². The summed E-state index contributed by atoms with van der Waals surface area (Å²) < 4.78 is 40.4. The van der Waals surface area contributed by atoms with Crippen LogP contribution in [0, 0.1) is 5.92 Å². The first-order valence-electron chi connectivity index (χ1n) is 9.29. The Morgan fingerprint density at radius 1 is 1.26 bits per heavy atom. The highest BCUT2D eigenvalue weighted by Crippen LogP contribution is 2.24. The van der Waals surface area contributed by atoms with Gasteiger partial charge in [0.1, 0.15) is 5.75 Å². The molecule has 0 saturated carbocycles. The van der Waals surface area contributed by atoms with Crippen LogP contribution in [0.5, 0.6) is 5.75 Å². The molecule has 1 amide bonds. The van der Waals surface area contributed by atoms with Gasteiger partial charge in [-0.2, -0.15) is 0 Å². The van der Waals surface area contributed by atoms with Crippen LogP contribution in [-0.4, -0.2) is 50.4 Å². The molecule has 0 aliphatic carbocycles. The van der Waals surface area contributed by atoms with Crippen molar-refractivity contribution in [3.8, 4) is 5.75 Å². The zero-order chi connectivity index (χ0) is 19.9. The molecule has 1 saturated heterocycles. The van der Waals surface area contributed by atoms with Crippen LogP contribution in [-0.2, 0) is 4.79 Å². The highest BCUT2D eigenvalue weighted by atomic mass is 19.4. The number of nitrogens with one attached hydrogen (secondary N) is 2. The van der Waals surface area contributed by atoms with Crippen molar-refractivity contribution in [3.63, 3.8) is 0 Å². The Morgan fingerprint density at radius 3 is 2.44 bits per heavy atom. The molecule has 2 rings (SSSR count). The lowest BCUT2D eigenvalue weighted by atomic mass is 9.93. The van der Waals surface area contributed by atoms with Crippen LogP contribution in [0.3, 0.4) is 0 Å². The van der Waals surface area contributed by atoms with Crippen molar-refractivity contribution < 1.29 is 22.7 Å². The predicted molar refractivity (Wildman–Crippen MR) is 97.4 cm³/mol. The van der Waals surface area contributed by atoms with E-state index in [1.165, 1.54) is 30.7 Å². The average molecular weight is 387 g/mol. The number of rotatable bonds is 8. The molecule has 5 nitrogen and oxygen atoms in total. The Kier molecular flexibility index (Phi) is 7.91. The van der Waals surface area contributed by atoms with Gasteiger partial charge in [0.25, 0.3) is 0 Å². The predicted octanol–water partition coefficient (Wildman–Crippen LogP) is 3.08. The second-order valence-corrected chi connectivity index (χ2v) is 7.02. The quantitative estimate of drug-likeness (QED) is 0.720. The summed E-state index contributed by atoms with van der Waals surface area (Å²) in [7, 11) is 1.96. The van der Waals surface area contributed by atoms with Gasteiger partial charge in [-0.25, -0.2) is 0 Å². The third-order valence-electron chi connectivity index (χ3n) is 4.87. The zero-order valence-electron chi connectivity index (χ0n) is 15.8. The number of likely N-dealkylation sites (tertiary alicyclic amines) is 1. The molecule has 27 heavy (non-hydrogen) atoms. The van der Waals surface area contributed by atoms with E-state index in [1.54, 1.807) is 0 Å². The van der Waals surface area contributed by atoms with Crippen molar-refractivity contribution in [1.29, 1.82) is 0 Å². The van der Waals surface area contributed by atoms with E-state index in [0.29, 0.717) is 12.5 Å². The summed E-state index contributed by atoms with van der Waals surface area (Å²) in [5, 5.41) is 6.07. The fourth-order valence-corrected chi connectivity index (χ4v) is 3.31. The number of hydrogen-bond donors (Lipinski definition) is 2. The first-order valence-corrected chi connectivity index (χ1v) is 9.29. The van der Waals surface area contributed by atoms with Crippen LogP contribution in [0.15, 0.2) is 24.3 Å². The van der Waals surface area contributed by atoms with Crippen molar-refractivity contribution in [2.24, 2.45) is 5.92 Å². The number of hydrogen-bond acceptors (Lipinski definition) is 4. The van der Waals surface area contributed by atoms with Gasteiger partial charge < -0.3 is 15.4 Å². The summed E-state index contributed by atoms with van der Waals surface area (Å²) in [6.07, 6.45) is -1.33. The maximum Gasteiger partial charge on any atom is 0.573 e. The monoisotopic (exact) mass is 387 g/mol. The number of benzene rings is 1. The van der Waals surface area contributed by atoms with Gasteiger partial charge in [-0.3, -0.25) is 9.69 Å². The second kappa shape index (κ2) is 9.94. The molecule has 0 radical (unpaired) electrons. The first-order chi connectivity index (χ1) is 12.8. The molecule has 152 valence electrons. The number of carbonyl (C=O) groups excluding carboxylic acids is 1. The summed E-state index contributed by atoms with van der Waals surface area (Å²) in [6.45, 7) is 5.01. The lowest BCUT2D eigenvalue weighted by Gasteiger charge is -2.31. The lowest BCUT2D eigenvalue weighted by molar-refractivity contribution is -0.274. The van der Waals surface area contributed by atoms with Crippen LogP contribution in [0.1, 0.15) is 37.8 Å². The van der Waals surface area contributed by atoms with Crippen molar-refractivity contribution in [1.82, 2.24) is 15.5 Å². The van der Waals surface area contributed by atoms with Gasteiger partial charge in [0.05, 0.1) is 12.6 Å². The van der Waals surface area contributed by atoms with E-state index >= 15 is 0 Å². The van der Waals surface area contributed by atoms with Gasteiger partial charge in [0.2, 0.25) is 5.91 Å². The molecule has 1 unspecified atom stereocenters. The topological polar surface area (TPSA) is 53.6 Å². The van der Waals surface area contributed by atoms with E-state index in [9.17, 15) is 18.0 Å². The Balaban J connectivity index is 1.75. The molecule has 1 atom stereocenters. The summed E-state index contributed by atoms with van der Waals surface area (Å²) in [5.41, 5.74) is 0.726. The molecule has 0 spiro atoms. The molecule has 0 bridgehead atoms. The highest BCUT2D eigenvalue weighted by molar-refractivity contribution is 5.78. The molecule has 1 heterocycles. The van der Waals surface area contributed by atoms with E-state index in [1.807, 2.05) is 14.0 Å². The molecule has 1 aromatic rings. The Morgan fingerprint density at radius 2 is 1.89 bits per heavy atom. The SMILES string of the molecule is CNCCC1CCN(CC(=O)NC(C)c2ccc(OC(F)(F)F)cc2)CC1. The molecule has 1 fully saturated rings. The fourth-order valence-electron chi connectivity index (χ4n) is 3.31. The van der Waals surface area contributed by atoms with Crippen LogP contribution in [0.4, 0.5) is 13.2 Å². The number of ether oxygens (including phenoxy) is 1. The average Bonchev–Trinajstić information content (AvgIpc) is 2.60. The van der Waals surface area contributed by atoms with E-state index in [2.05, 4.69) is 20.3 Å². The van der Waals surface area contributed by atoms with E-state index < -0.39 is 6.36 Å². The molecule has 1 aliphatic heterocycles. The van der Waals surface area contributed by atoms with E-state index in [4.69, 9.17) is 0 Å². The van der Waals surface area contributed by atoms with E-state index in [-0.39, 0.29) is 17.7 Å². The number of nitrogens with zero attached hydrogens (tertiary/aromatic N) is 1. The van der Waals surface area contributed by atoms with Crippen molar-refractivity contribution in [2.45, 2.75) is 38.6 Å². The minimum atomic E-state index is -4.71. The maximum atomic E-state index is 12.3. The van der Waals surface area contributed by atoms with Gasteiger partial charge in [0, 0.05) is 0 Å². The van der Waals surface area contributed by atoms with Crippen LogP contribution in [0.25, 0.3) is 0 Å². The molecular formula is C19H28F3N3O2. The third kappa shape index (κ3) is 7.76. The van der Waals surface area contributed by atoms with Gasteiger partial charge >= 0.3 is 6.36 Å². The van der Waals surface area contributed by atoms with Crippen molar-refractivity contribution in [2.75, 3.05) is 33.2 Å². The largest absolute Gasteiger partial charge is 0.573 e.